The monoisotopic (exact) mass is 801 g/mol. The Morgan fingerprint density at radius 2 is 0.762 bits per heavy atom. The van der Waals surface area contributed by atoms with E-state index < -0.39 is 5.41 Å². The Kier molecular flexibility index (Phi) is 8.72. The summed E-state index contributed by atoms with van der Waals surface area (Å²) in [7, 11) is 0. The van der Waals surface area contributed by atoms with E-state index in [4.69, 9.17) is 15.0 Å². The van der Waals surface area contributed by atoms with Crippen molar-refractivity contribution >= 4 is 21.7 Å². The third-order valence-corrected chi connectivity index (χ3v) is 12.8. The number of aromatic nitrogens is 3. The predicted octanol–water partition coefficient (Wildman–Crippen LogP) is 14.9. The number of para-hydroxylation sites is 1. The van der Waals surface area contributed by atoms with Gasteiger partial charge in [-0.25, -0.2) is 15.0 Å². The molecule has 0 saturated carbocycles. The number of pyridine rings is 1. The minimum absolute atomic E-state index is 0.525. The summed E-state index contributed by atoms with van der Waals surface area (Å²) in [5.74, 6) is 0.692. The molecule has 294 valence electrons. The Hall–Kier alpha value is -8.27. The van der Waals surface area contributed by atoms with Gasteiger partial charge in [-0.15, -0.1) is 0 Å². The van der Waals surface area contributed by atoms with Crippen LogP contribution < -0.4 is 0 Å². The number of hydrogen-bond donors (Lipinski definition) is 0. The van der Waals surface area contributed by atoms with Crippen LogP contribution in [-0.2, 0) is 5.41 Å². The minimum Gasteiger partial charge on any atom is -0.247 e. The van der Waals surface area contributed by atoms with E-state index in [-0.39, 0.29) is 0 Å². The van der Waals surface area contributed by atoms with Gasteiger partial charge in [-0.3, -0.25) is 0 Å². The van der Waals surface area contributed by atoms with Crippen molar-refractivity contribution in [3.8, 4) is 67.4 Å². The van der Waals surface area contributed by atoms with Gasteiger partial charge in [-0.1, -0.05) is 218 Å². The average Bonchev–Trinajstić information content (AvgIpc) is 3.66. The van der Waals surface area contributed by atoms with Crippen LogP contribution in [0.15, 0.2) is 237 Å². The quantitative estimate of drug-likeness (QED) is 0.151. The van der Waals surface area contributed by atoms with Crippen molar-refractivity contribution in [2.45, 2.75) is 5.41 Å². The zero-order valence-corrected chi connectivity index (χ0v) is 34.4. The molecular weight excluding hydrogens is 763 g/mol. The maximum absolute atomic E-state index is 5.49. The molecule has 0 spiro atoms. The first-order valence-electron chi connectivity index (χ1n) is 21.5. The molecule has 1 aliphatic carbocycles. The van der Waals surface area contributed by atoms with E-state index in [1.807, 2.05) is 30.3 Å². The van der Waals surface area contributed by atoms with E-state index in [0.717, 1.165) is 66.8 Å². The second kappa shape index (κ2) is 15.0. The van der Waals surface area contributed by atoms with Crippen molar-refractivity contribution in [3.63, 3.8) is 0 Å². The molecule has 11 aromatic rings. The molecule has 3 heteroatoms. The van der Waals surface area contributed by atoms with E-state index in [9.17, 15) is 0 Å². The minimum atomic E-state index is -0.525. The average molecular weight is 802 g/mol. The summed E-state index contributed by atoms with van der Waals surface area (Å²) in [4.78, 5) is 16.1. The summed E-state index contributed by atoms with van der Waals surface area (Å²) in [6.45, 7) is 0. The van der Waals surface area contributed by atoms with E-state index in [1.54, 1.807) is 0 Å². The van der Waals surface area contributed by atoms with E-state index in [0.29, 0.717) is 5.82 Å². The Bertz CT molecular complexity index is 3360. The summed E-state index contributed by atoms with van der Waals surface area (Å²) in [6.07, 6.45) is 0. The van der Waals surface area contributed by atoms with E-state index in [2.05, 4.69) is 206 Å². The van der Waals surface area contributed by atoms with Crippen LogP contribution in [0.3, 0.4) is 0 Å². The van der Waals surface area contributed by atoms with Crippen LogP contribution in [0, 0.1) is 0 Å². The lowest BCUT2D eigenvalue weighted by Gasteiger charge is -2.34. The zero-order valence-electron chi connectivity index (χ0n) is 34.4. The number of nitrogens with zero attached hydrogens (tertiary/aromatic N) is 3. The summed E-state index contributed by atoms with van der Waals surface area (Å²) in [5.41, 5.74) is 16.8. The van der Waals surface area contributed by atoms with Crippen LogP contribution in [0.25, 0.3) is 89.1 Å². The third kappa shape index (κ3) is 5.93. The normalized spacial score (nSPS) is 12.6. The lowest BCUT2D eigenvalue weighted by atomic mass is 9.67. The van der Waals surface area contributed by atoms with Gasteiger partial charge in [-0.05, 0) is 62.5 Å². The number of benzene rings is 9. The van der Waals surface area contributed by atoms with Crippen molar-refractivity contribution in [1.29, 1.82) is 0 Å². The lowest BCUT2D eigenvalue weighted by molar-refractivity contribution is 0.769. The number of hydrogen-bond acceptors (Lipinski definition) is 3. The molecule has 0 N–H and O–H groups in total. The predicted molar refractivity (Wildman–Crippen MR) is 259 cm³/mol. The molecular formula is C60H39N3. The second-order valence-electron chi connectivity index (χ2n) is 16.2. The fourth-order valence-corrected chi connectivity index (χ4v) is 9.96. The van der Waals surface area contributed by atoms with Crippen molar-refractivity contribution in [1.82, 2.24) is 15.0 Å². The molecule has 0 radical (unpaired) electrons. The first-order chi connectivity index (χ1) is 31.3. The van der Waals surface area contributed by atoms with Gasteiger partial charge in [-0.2, -0.15) is 0 Å². The molecule has 2 heterocycles. The highest BCUT2D eigenvalue weighted by Gasteiger charge is 2.46. The van der Waals surface area contributed by atoms with E-state index >= 15 is 0 Å². The fraction of sp³-hybridized carbons (Fsp3) is 0.0167. The number of rotatable bonds is 7. The van der Waals surface area contributed by atoms with Crippen LogP contribution in [0.2, 0.25) is 0 Å². The van der Waals surface area contributed by atoms with Crippen molar-refractivity contribution < 1.29 is 0 Å². The van der Waals surface area contributed by atoms with Crippen molar-refractivity contribution in [2.24, 2.45) is 0 Å². The summed E-state index contributed by atoms with van der Waals surface area (Å²) in [6, 6.07) is 84.5. The van der Waals surface area contributed by atoms with Crippen molar-refractivity contribution in [2.75, 3.05) is 0 Å². The molecule has 1 aliphatic rings. The van der Waals surface area contributed by atoms with Crippen LogP contribution >= 0.6 is 0 Å². The van der Waals surface area contributed by atoms with Crippen LogP contribution in [0.5, 0.6) is 0 Å². The van der Waals surface area contributed by atoms with Crippen LogP contribution in [-0.4, -0.2) is 15.0 Å². The first-order valence-corrected chi connectivity index (χ1v) is 21.5. The van der Waals surface area contributed by atoms with Gasteiger partial charge < -0.3 is 0 Å². The van der Waals surface area contributed by atoms with Gasteiger partial charge >= 0.3 is 0 Å². The molecule has 12 rings (SSSR count). The molecule has 0 fully saturated rings. The van der Waals surface area contributed by atoms with Gasteiger partial charge in [0.05, 0.1) is 28.0 Å². The number of fused-ring (bicyclic) bond motifs is 6. The van der Waals surface area contributed by atoms with Gasteiger partial charge in [0.2, 0.25) is 0 Å². The highest BCUT2D eigenvalue weighted by atomic mass is 14.9. The van der Waals surface area contributed by atoms with Gasteiger partial charge in [0.25, 0.3) is 0 Å². The van der Waals surface area contributed by atoms with Gasteiger partial charge in [0.15, 0.2) is 5.82 Å². The van der Waals surface area contributed by atoms with Crippen molar-refractivity contribution in [3.05, 3.63) is 259 Å². The SMILES string of the molecule is c1ccc(-c2nc(-c3ccccc3)c(-c3ccc(-c4nc5ccccc5c5cc6c(cc45)C(c4ccccc4)(c4ccccc4)c4ccccc4-6)cc3)c(-c3ccccc3)n2)cc1. The first kappa shape index (κ1) is 36.6. The lowest BCUT2D eigenvalue weighted by Crippen LogP contribution is -2.28. The third-order valence-electron chi connectivity index (χ3n) is 12.8. The summed E-state index contributed by atoms with van der Waals surface area (Å²) in [5, 5.41) is 3.45. The Morgan fingerprint density at radius 3 is 1.37 bits per heavy atom. The maximum atomic E-state index is 5.49. The topological polar surface area (TPSA) is 38.7 Å². The maximum Gasteiger partial charge on any atom is 0.160 e. The molecule has 0 amide bonds. The largest absolute Gasteiger partial charge is 0.247 e. The molecule has 0 aliphatic heterocycles. The fourth-order valence-electron chi connectivity index (χ4n) is 9.96. The molecule has 0 bridgehead atoms. The Morgan fingerprint density at radius 1 is 0.286 bits per heavy atom. The standard InChI is InChI=1S/C60H39N3/c1-6-20-41(21-7-1)57-55(58(42-22-8-2-9-23-42)63-59(62-57)44-24-10-3-11-25-44)40-34-36-43(37-35-40)56-51-39-53-50(38-49(51)48-31-17-19-33-54(48)61-56)47-30-16-18-32-52(47)60(53,45-26-12-4-13-27-45)46-28-14-5-15-29-46/h1-39H. The molecule has 63 heavy (non-hydrogen) atoms. The molecule has 0 unspecified atom stereocenters. The molecule has 2 aromatic heterocycles. The van der Waals surface area contributed by atoms with Gasteiger partial charge in [0.1, 0.15) is 0 Å². The van der Waals surface area contributed by atoms with Crippen LogP contribution in [0.1, 0.15) is 22.3 Å². The van der Waals surface area contributed by atoms with E-state index in [1.165, 1.54) is 38.8 Å². The summed E-state index contributed by atoms with van der Waals surface area (Å²) >= 11 is 0. The smallest absolute Gasteiger partial charge is 0.160 e. The molecule has 9 aromatic carbocycles. The highest BCUT2D eigenvalue weighted by Crippen LogP contribution is 2.57. The summed E-state index contributed by atoms with van der Waals surface area (Å²) < 4.78 is 0. The Labute approximate surface area is 366 Å². The molecule has 3 nitrogen and oxygen atoms in total. The zero-order chi connectivity index (χ0) is 41.7. The van der Waals surface area contributed by atoms with Crippen LogP contribution in [0.4, 0.5) is 0 Å². The Balaban J connectivity index is 1.10. The molecule has 0 saturated heterocycles. The van der Waals surface area contributed by atoms with Gasteiger partial charge in [0, 0.05) is 38.6 Å². The second-order valence-corrected chi connectivity index (χ2v) is 16.2. The highest BCUT2D eigenvalue weighted by molar-refractivity contribution is 6.13. The molecule has 0 atom stereocenters.